The van der Waals surface area contributed by atoms with Crippen LogP contribution in [-0.4, -0.2) is 19.7 Å². The first-order valence-corrected chi connectivity index (χ1v) is 8.55. The van der Waals surface area contributed by atoms with E-state index in [0.29, 0.717) is 34.5 Å². The average molecular weight is 344 g/mol. The molecule has 0 bridgehead atoms. The molecule has 0 radical (unpaired) electrons. The number of H-pyrrole nitrogens is 1. The van der Waals surface area contributed by atoms with Gasteiger partial charge in [-0.05, 0) is 25.0 Å². The van der Waals surface area contributed by atoms with Crippen LogP contribution in [0.4, 0.5) is 5.69 Å². The number of aromatic nitrogens is 4. The van der Waals surface area contributed by atoms with Gasteiger partial charge in [-0.25, -0.2) is 9.67 Å². The molecule has 24 heavy (non-hydrogen) atoms. The van der Waals surface area contributed by atoms with Crippen molar-refractivity contribution in [3.05, 3.63) is 51.7 Å². The SMILES string of the molecule is O=c1[nH]c(CNc2ccccc2Cl)nc2c1cnn2C1CCCC1. The number of nitrogens with one attached hydrogen (secondary N) is 2. The summed E-state index contributed by atoms with van der Waals surface area (Å²) < 4.78 is 1.91. The molecule has 124 valence electrons. The first-order chi connectivity index (χ1) is 11.7. The monoisotopic (exact) mass is 343 g/mol. The molecule has 0 amide bonds. The maximum Gasteiger partial charge on any atom is 0.262 e. The van der Waals surface area contributed by atoms with Crippen LogP contribution in [0.3, 0.4) is 0 Å². The number of anilines is 1. The van der Waals surface area contributed by atoms with Gasteiger partial charge in [-0.15, -0.1) is 0 Å². The van der Waals surface area contributed by atoms with Gasteiger partial charge in [-0.1, -0.05) is 36.6 Å². The molecular formula is C17H18ClN5O. The molecule has 3 aromatic rings. The van der Waals surface area contributed by atoms with Crippen LogP contribution in [0.15, 0.2) is 35.3 Å². The summed E-state index contributed by atoms with van der Waals surface area (Å²) >= 11 is 6.14. The van der Waals surface area contributed by atoms with Crippen LogP contribution in [0.5, 0.6) is 0 Å². The molecule has 1 fully saturated rings. The number of para-hydroxylation sites is 1. The van der Waals surface area contributed by atoms with E-state index in [2.05, 4.69) is 20.4 Å². The van der Waals surface area contributed by atoms with E-state index in [9.17, 15) is 4.79 Å². The fourth-order valence-electron chi connectivity index (χ4n) is 3.26. The number of halogens is 1. The van der Waals surface area contributed by atoms with Gasteiger partial charge in [0.1, 0.15) is 11.2 Å². The number of fused-ring (bicyclic) bond motifs is 1. The number of hydrogen-bond acceptors (Lipinski definition) is 4. The second-order valence-corrected chi connectivity index (χ2v) is 6.52. The predicted molar refractivity (Wildman–Crippen MR) is 94.4 cm³/mol. The van der Waals surface area contributed by atoms with Crippen molar-refractivity contribution in [1.29, 1.82) is 0 Å². The van der Waals surface area contributed by atoms with Gasteiger partial charge in [-0.2, -0.15) is 5.10 Å². The Hall–Kier alpha value is -2.34. The van der Waals surface area contributed by atoms with Crippen LogP contribution in [0.25, 0.3) is 11.0 Å². The Kier molecular flexibility index (Phi) is 3.98. The topological polar surface area (TPSA) is 75.6 Å². The van der Waals surface area contributed by atoms with Gasteiger partial charge < -0.3 is 10.3 Å². The number of aromatic amines is 1. The minimum absolute atomic E-state index is 0.153. The minimum atomic E-state index is -0.153. The fourth-order valence-corrected chi connectivity index (χ4v) is 3.47. The molecular weight excluding hydrogens is 326 g/mol. The number of hydrogen-bond donors (Lipinski definition) is 2. The Balaban J connectivity index is 1.65. The molecule has 7 heteroatoms. The van der Waals surface area contributed by atoms with Crippen LogP contribution >= 0.6 is 11.6 Å². The lowest BCUT2D eigenvalue weighted by atomic mass is 10.2. The second kappa shape index (κ2) is 6.28. The zero-order valence-corrected chi connectivity index (χ0v) is 13.9. The summed E-state index contributed by atoms with van der Waals surface area (Å²) in [5.74, 6) is 0.576. The quantitative estimate of drug-likeness (QED) is 0.760. The Morgan fingerprint density at radius 3 is 2.88 bits per heavy atom. The highest BCUT2D eigenvalue weighted by molar-refractivity contribution is 6.33. The Morgan fingerprint density at radius 2 is 2.08 bits per heavy atom. The van der Waals surface area contributed by atoms with Crippen molar-refractivity contribution < 1.29 is 0 Å². The number of benzene rings is 1. The van der Waals surface area contributed by atoms with Crippen LogP contribution in [-0.2, 0) is 6.54 Å². The number of rotatable bonds is 4. The van der Waals surface area contributed by atoms with Crippen molar-refractivity contribution in [2.45, 2.75) is 38.3 Å². The molecule has 0 atom stereocenters. The smallest absolute Gasteiger partial charge is 0.262 e. The highest BCUT2D eigenvalue weighted by Gasteiger charge is 2.21. The van der Waals surface area contributed by atoms with E-state index >= 15 is 0 Å². The minimum Gasteiger partial charge on any atom is -0.377 e. The van der Waals surface area contributed by atoms with Crippen LogP contribution < -0.4 is 10.9 Å². The second-order valence-electron chi connectivity index (χ2n) is 6.11. The lowest BCUT2D eigenvalue weighted by Crippen LogP contribution is -2.16. The van der Waals surface area contributed by atoms with E-state index in [1.807, 2.05) is 28.9 Å². The molecule has 0 spiro atoms. The molecule has 1 aliphatic carbocycles. The molecule has 0 saturated heterocycles. The summed E-state index contributed by atoms with van der Waals surface area (Å²) in [5.41, 5.74) is 1.33. The van der Waals surface area contributed by atoms with Gasteiger partial charge in [0, 0.05) is 0 Å². The molecule has 2 heterocycles. The molecule has 2 N–H and O–H groups in total. The lowest BCUT2D eigenvalue weighted by Gasteiger charge is -2.11. The molecule has 4 rings (SSSR count). The molecule has 1 aromatic carbocycles. The maximum absolute atomic E-state index is 12.3. The van der Waals surface area contributed by atoms with Gasteiger partial charge >= 0.3 is 0 Å². The fraction of sp³-hybridized carbons (Fsp3) is 0.353. The van der Waals surface area contributed by atoms with Gasteiger partial charge in [0.2, 0.25) is 0 Å². The zero-order valence-electron chi connectivity index (χ0n) is 13.1. The molecule has 1 saturated carbocycles. The highest BCUT2D eigenvalue weighted by atomic mass is 35.5. The first-order valence-electron chi connectivity index (χ1n) is 8.17. The van der Waals surface area contributed by atoms with Crippen molar-refractivity contribution in [3.63, 3.8) is 0 Å². The summed E-state index contributed by atoms with van der Waals surface area (Å²) in [4.78, 5) is 19.7. The van der Waals surface area contributed by atoms with Gasteiger partial charge in [0.15, 0.2) is 5.65 Å². The highest BCUT2D eigenvalue weighted by Crippen LogP contribution is 2.30. The third-order valence-electron chi connectivity index (χ3n) is 4.50. The van der Waals surface area contributed by atoms with Crippen molar-refractivity contribution in [2.24, 2.45) is 0 Å². The molecule has 2 aromatic heterocycles. The molecule has 1 aliphatic rings. The third-order valence-corrected chi connectivity index (χ3v) is 4.83. The summed E-state index contributed by atoms with van der Waals surface area (Å²) in [7, 11) is 0. The summed E-state index contributed by atoms with van der Waals surface area (Å²) in [6.45, 7) is 0.394. The van der Waals surface area contributed by atoms with E-state index in [1.54, 1.807) is 6.20 Å². The van der Waals surface area contributed by atoms with Gasteiger partial charge in [-0.3, -0.25) is 4.79 Å². The molecule has 0 aliphatic heterocycles. The van der Waals surface area contributed by atoms with E-state index < -0.39 is 0 Å². The van der Waals surface area contributed by atoms with Crippen molar-refractivity contribution in [2.75, 3.05) is 5.32 Å². The summed E-state index contributed by atoms with van der Waals surface area (Å²) in [6, 6.07) is 7.84. The lowest BCUT2D eigenvalue weighted by molar-refractivity contribution is 0.478. The van der Waals surface area contributed by atoms with Crippen LogP contribution in [0, 0.1) is 0 Å². The predicted octanol–water partition coefficient (Wildman–Crippen LogP) is 3.50. The summed E-state index contributed by atoms with van der Waals surface area (Å²) in [6.07, 6.45) is 6.22. The van der Waals surface area contributed by atoms with E-state index in [-0.39, 0.29) is 5.56 Å². The van der Waals surface area contributed by atoms with Crippen LogP contribution in [0.1, 0.15) is 37.5 Å². The van der Waals surface area contributed by atoms with Crippen molar-refractivity contribution >= 4 is 28.3 Å². The van der Waals surface area contributed by atoms with Crippen molar-refractivity contribution in [3.8, 4) is 0 Å². The molecule has 6 nitrogen and oxygen atoms in total. The van der Waals surface area contributed by atoms with Crippen molar-refractivity contribution in [1.82, 2.24) is 19.7 Å². The van der Waals surface area contributed by atoms with Gasteiger partial charge in [0.25, 0.3) is 5.56 Å². The maximum atomic E-state index is 12.3. The van der Waals surface area contributed by atoms with Gasteiger partial charge in [0.05, 0.1) is 29.5 Å². The van der Waals surface area contributed by atoms with E-state index in [1.165, 1.54) is 12.8 Å². The number of nitrogens with zero attached hydrogens (tertiary/aromatic N) is 3. The third kappa shape index (κ3) is 2.78. The Labute approximate surface area is 143 Å². The first kappa shape index (κ1) is 15.2. The largest absolute Gasteiger partial charge is 0.377 e. The zero-order chi connectivity index (χ0) is 16.5. The Morgan fingerprint density at radius 1 is 1.29 bits per heavy atom. The van der Waals surface area contributed by atoms with E-state index in [4.69, 9.17) is 11.6 Å². The molecule has 0 unspecified atom stereocenters. The summed E-state index contributed by atoms with van der Waals surface area (Å²) in [5, 5.41) is 8.79. The van der Waals surface area contributed by atoms with Crippen LogP contribution in [0.2, 0.25) is 5.02 Å². The standard InChI is InChI=1S/C17H18ClN5O/c18-13-7-3-4-8-14(13)19-10-15-21-16-12(17(24)22-15)9-20-23(16)11-5-1-2-6-11/h3-4,7-9,11,19H,1-2,5-6,10H2,(H,21,22,24). The normalized spacial score (nSPS) is 15.2. The van der Waals surface area contributed by atoms with E-state index in [0.717, 1.165) is 18.5 Å². The average Bonchev–Trinajstić information content (AvgIpc) is 3.23. The Bertz CT molecular complexity index is 926.